The number of amides is 1. The zero-order valence-corrected chi connectivity index (χ0v) is 13.6. The molecule has 0 atom stereocenters. The van der Waals surface area contributed by atoms with Gasteiger partial charge in [0, 0.05) is 21.3 Å². The van der Waals surface area contributed by atoms with Crippen LogP contribution in [0.4, 0.5) is 10.1 Å². The van der Waals surface area contributed by atoms with Crippen molar-refractivity contribution in [2.24, 2.45) is 0 Å². The number of Topliss-reactive ketones (excluding diaryl/α,β-unsaturated/α-hetero) is 1. The highest BCUT2D eigenvalue weighted by atomic mass is 79.9. The number of fused-ring (bicyclic) bond motifs is 1. The number of nitrogens with zero attached hydrogens (tertiary/aromatic N) is 2. The SMILES string of the molecule is O=C1C(=O)N(Cc2cncc(Br)c2)c2c(Br)cc(F)cc21. The molecule has 1 aromatic heterocycles. The van der Waals surface area contributed by atoms with Crippen molar-refractivity contribution in [3.8, 4) is 0 Å². The maximum atomic E-state index is 13.4. The van der Waals surface area contributed by atoms with Crippen LogP contribution in [-0.2, 0) is 11.3 Å². The Kier molecular flexibility index (Phi) is 3.62. The normalized spacial score (nSPS) is 13.8. The molecule has 0 radical (unpaired) electrons. The lowest BCUT2D eigenvalue weighted by atomic mass is 10.1. The van der Waals surface area contributed by atoms with Gasteiger partial charge in [0.15, 0.2) is 0 Å². The van der Waals surface area contributed by atoms with E-state index in [1.165, 1.54) is 11.0 Å². The van der Waals surface area contributed by atoms with Crippen LogP contribution in [0.25, 0.3) is 0 Å². The van der Waals surface area contributed by atoms with Crippen molar-refractivity contribution in [3.63, 3.8) is 0 Å². The lowest BCUT2D eigenvalue weighted by molar-refractivity contribution is -0.114. The number of halogens is 3. The van der Waals surface area contributed by atoms with Crippen LogP contribution >= 0.6 is 31.9 Å². The molecule has 1 aliphatic rings. The van der Waals surface area contributed by atoms with Crippen molar-refractivity contribution < 1.29 is 14.0 Å². The zero-order valence-electron chi connectivity index (χ0n) is 10.4. The van der Waals surface area contributed by atoms with E-state index in [1.54, 1.807) is 18.5 Å². The molecule has 1 amide bonds. The monoisotopic (exact) mass is 412 g/mol. The molecular formula is C14H7Br2FN2O2. The van der Waals surface area contributed by atoms with Crippen molar-refractivity contribution in [1.82, 2.24) is 4.98 Å². The van der Waals surface area contributed by atoms with Gasteiger partial charge in [-0.2, -0.15) is 0 Å². The van der Waals surface area contributed by atoms with Crippen LogP contribution in [0.5, 0.6) is 0 Å². The molecule has 0 unspecified atom stereocenters. The third-order valence-corrected chi connectivity index (χ3v) is 4.12. The Morgan fingerprint density at radius 3 is 2.62 bits per heavy atom. The van der Waals surface area contributed by atoms with Crippen molar-refractivity contribution in [2.45, 2.75) is 6.54 Å². The van der Waals surface area contributed by atoms with Crippen LogP contribution in [0.3, 0.4) is 0 Å². The van der Waals surface area contributed by atoms with Crippen molar-refractivity contribution in [3.05, 3.63) is 56.5 Å². The lowest BCUT2D eigenvalue weighted by Gasteiger charge is -2.17. The summed E-state index contributed by atoms with van der Waals surface area (Å²) in [5, 5.41) is 0. The Balaban J connectivity index is 2.05. The number of ketones is 1. The summed E-state index contributed by atoms with van der Waals surface area (Å²) in [6, 6.07) is 4.12. The number of anilines is 1. The first kappa shape index (κ1) is 14.3. The van der Waals surface area contributed by atoms with Gasteiger partial charge in [0.05, 0.1) is 17.8 Å². The molecule has 0 aliphatic carbocycles. The minimum absolute atomic E-state index is 0.0785. The molecule has 4 nitrogen and oxygen atoms in total. The molecule has 106 valence electrons. The maximum absolute atomic E-state index is 13.4. The number of rotatable bonds is 2. The number of pyridine rings is 1. The maximum Gasteiger partial charge on any atom is 0.299 e. The Bertz CT molecular complexity index is 780. The third kappa shape index (κ3) is 2.51. The summed E-state index contributed by atoms with van der Waals surface area (Å²) >= 11 is 6.51. The van der Waals surface area contributed by atoms with E-state index in [4.69, 9.17) is 0 Å². The topological polar surface area (TPSA) is 50.3 Å². The molecule has 0 saturated heterocycles. The highest BCUT2D eigenvalue weighted by Gasteiger charge is 2.37. The van der Waals surface area contributed by atoms with E-state index in [2.05, 4.69) is 36.8 Å². The fourth-order valence-electron chi connectivity index (χ4n) is 2.23. The van der Waals surface area contributed by atoms with E-state index >= 15 is 0 Å². The van der Waals surface area contributed by atoms with Crippen LogP contribution in [0.1, 0.15) is 15.9 Å². The minimum atomic E-state index is -0.701. The molecule has 3 rings (SSSR count). The fourth-order valence-corrected chi connectivity index (χ4v) is 3.29. The van der Waals surface area contributed by atoms with Crippen molar-refractivity contribution in [2.75, 3.05) is 4.90 Å². The molecule has 1 aliphatic heterocycles. The quantitative estimate of drug-likeness (QED) is 0.708. The van der Waals surface area contributed by atoms with Gasteiger partial charge in [-0.1, -0.05) is 0 Å². The number of hydrogen-bond donors (Lipinski definition) is 0. The molecule has 0 bridgehead atoms. The molecule has 7 heteroatoms. The summed E-state index contributed by atoms with van der Waals surface area (Å²) in [4.78, 5) is 29.4. The summed E-state index contributed by atoms with van der Waals surface area (Å²) in [6.45, 7) is 0.189. The Labute approximate surface area is 136 Å². The summed E-state index contributed by atoms with van der Waals surface area (Å²) in [5.41, 5.74) is 1.23. The second-order valence-corrected chi connectivity index (χ2v) is 6.29. The third-order valence-electron chi connectivity index (χ3n) is 3.08. The first-order chi connectivity index (χ1) is 9.97. The van der Waals surface area contributed by atoms with Crippen molar-refractivity contribution in [1.29, 1.82) is 0 Å². The molecule has 2 heterocycles. The number of benzene rings is 1. The Morgan fingerprint density at radius 2 is 1.90 bits per heavy atom. The highest BCUT2D eigenvalue weighted by Crippen LogP contribution is 2.37. The molecule has 0 fully saturated rings. The second kappa shape index (κ2) is 5.31. The number of carbonyl (C=O) groups excluding carboxylic acids is 2. The zero-order chi connectivity index (χ0) is 15.1. The van der Waals surface area contributed by atoms with Gasteiger partial charge in [0.2, 0.25) is 0 Å². The number of carbonyl (C=O) groups is 2. The van der Waals surface area contributed by atoms with Gasteiger partial charge in [-0.05, 0) is 55.6 Å². The number of hydrogen-bond acceptors (Lipinski definition) is 3. The van der Waals surface area contributed by atoms with Gasteiger partial charge in [-0.3, -0.25) is 19.5 Å². The van der Waals surface area contributed by atoms with Crippen LogP contribution in [0.2, 0.25) is 0 Å². The molecule has 0 N–H and O–H groups in total. The highest BCUT2D eigenvalue weighted by molar-refractivity contribution is 9.10. The smallest absolute Gasteiger partial charge is 0.299 e. The standard InChI is InChI=1S/C14H7Br2FN2O2/c15-8-1-7(4-18-5-8)6-19-12-10(13(20)14(19)21)2-9(17)3-11(12)16/h1-5H,6H2. The van der Waals surface area contributed by atoms with Gasteiger partial charge < -0.3 is 0 Å². The van der Waals surface area contributed by atoms with Crippen LogP contribution in [0.15, 0.2) is 39.5 Å². The van der Waals surface area contributed by atoms with E-state index in [0.29, 0.717) is 10.2 Å². The largest absolute Gasteiger partial charge is 0.299 e. The van der Waals surface area contributed by atoms with Gasteiger partial charge in [-0.25, -0.2) is 4.39 Å². The Hall–Kier alpha value is -1.60. The molecule has 0 saturated carbocycles. The first-order valence-electron chi connectivity index (χ1n) is 5.92. The summed E-state index contributed by atoms with van der Waals surface area (Å²) in [7, 11) is 0. The van der Waals surface area contributed by atoms with Crippen LogP contribution in [-0.4, -0.2) is 16.7 Å². The van der Waals surface area contributed by atoms with E-state index in [-0.39, 0.29) is 12.1 Å². The summed E-state index contributed by atoms with van der Waals surface area (Å²) < 4.78 is 14.6. The second-order valence-electron chi connectivity index (χ2n) is 4.52. The predicted octanol–water partition coefficient (Wildman–Crippen LogP) is 3.48. The van der Waals surface area contributed by atoms with Crippen LogP contribution < -0.4 is 4.90 Å². The fraction of sp³-hybridized carbons (Fsp3) is 0.0714. The van der Waals surface area contributed by atoms with Gasteiger partial charge >= 0.3 is 0 Å². The molecule has 0 spiro atoms. The van der Waals surface area contributed by atoms with Crippen LogP contribution in [0, 0.1) is 5.82 Å². The van der Waals surface area contributed by atoms with E-state index in [0.717, 1.165) is 16.1 Å². The minimum Gasteiger partial charge on any atom is -0.299 e. The number of aromatic nitrogens is 1. The Morgan fingerprint density at radius 1 is 1.14 bits per heavy atom. The van der Waals surface area contributed by atoms with Gasteiger partial charge in [0.25, 0.3) is 11.7 Å². The average Bonchev–Trinajstić information content (AvgIpc) is 2.64. The van der Waals surface area contributed by atoms with E-state index < -0.39 is 17.5 Å². The molecular weight excluding hydrogens is 407 g/mol. The molecule has 1 aromatic carbocycles. The van der Waals surface area contributed by atoms with Crippen molar-refractivity contribution >= 4 is 49.2 Å². The summed E-state index contributed by atoms with van der Waals surface area (Å²) in [5.74, 6) is -1.93. The van der Waals surface area contributed by atoms with E-state index in [9.17, 15) is 14.0 Å². The predicted molar refractivity (Wildman–Crippen MR) is 81.6 cm³/mol. The first-order valence-corrected chi connectivity index (χ1v) is 7.50. The molecule has 21 heavy (non-hydrogen) atoms. The molecule has 2 aromatic rings. The van der Waals surface area contributed by atoms with Gasteiger partial charge in [0.1, 0.15) is 5.82 Å². The van der Waals surface area contributed by atoms with Gasteiger partial charge in [-0.15, -0.1) is 0 Å². The lowest BCUT2D eigenvalue weighted by Crippen LogP contribution is -2.29. The average molecular weight is 414 g/mol. The summed E-state index contributed by atoms with van der Waals surface area (Å²) in [6.07, 6.45) is 3.23. The van der Waals surface area contributed by atoms with E-state index in [1.807, 2.05) is 0 Å².